The van der Waals surface area contributed by atoms with Gasteiger partial charge < -0.3 is 15.5 Å². The highest BCUT2D eigenvalue weighted by Crippen LogP contribution is 2.22. The van der Waals surface area contributed by atoms with E-state index in [1.54, 1.807) is 0 Å². The van der Waals surface area contributed by atoms with E-state index in [9.17, 15) is 0 Å². The fourth-order valence-electron chi connectivity index (χ4n) is 2.62. The summed E-state index contributed by atoms with van der Waals surface area (Å²) in [4.78, 5) is 15.8. The summed E-state index contributed by atoms with van der Waals surface area (Å²) in [5.41, 5.74) is 0. The Balaban J connectivity index is 1.76. The van der Waals surface area contributed by atoms with Gasteiger partial charge in [-0.3, -0.25) is 0 Å². The number of nitrogens with zero attached hydrogens (tertiary/aromatic N) is 4. The van der Waals surface area contributed by atoms with Crippen molar-refractivity contribution in [3.63, 3.8) is 0 Å². The molecule has 6 nitrogen and oxygen atoms in total. The van der Waals surface area contributed by atoms with Crippen LogP contribution in [0, 0.1) is 0 Å². The molecule has 1 aromatic rings. The highest BCUT2D eigenvalue weighted by molar-refractivity contribution is 7.99. The lowest BCUT2D eigenvalue weighted by Gasteiger charge is -2.23. The molecule has 20 heavy (non-hydrogen) atoms. The zero-order chi connectivity index (χ0) is 13.8. The molecule has 7 heteroatoms. The van der Waals surface area contributed by atoms with Gasteiger partial charge in [0.2, 0.25) is 17.8 Å². The predicted molar refractivity (Wildman–Crippen MR) is 84.8 cm³/mol. The molecule has 2 N–H and O–H groups in total. The molecular formula is C13H22N6S. The molecule has 0 aromatic carbocycles. The number of rotatable bonds is 4. The molecular weight excluding hydrogens is 272 g/mol. The number of hydrogen-bond acceptors (Lipinski definition) is 7. The third kappa shape index (κ3) is 3.26. The van der Waals surface area contributed by atoms with Crippen molar-refractivity contribution >= 4 is 29.6 Å². The third-order valence-electron chi connectivity index (χ3n) is 3.79. The Hall–Kier alpha value is -1.24. The van der Waals surface area contributed by atoms with Crippen molar-refractivity contribution in [2.24, 2.45) is 0 Å². The van der Waals surface area contributed by atoms with Crippen LogP contribution in [-0.4, -0.2) is 52.6 Å². The third-order valence-corrected chi connectivity index (χ3v) is 4.84. The molecule has 0 atom stereocenters. The van der Waals surface area contributed by atoms with Crippen molar-refractivity contribution in [2.45, 2.75) is 31.7 Å². The Kier molecular flexibility index (Phi) is 4.44. The van der Waals surface area contributed by atoms with E-state index >= 15 is 0 Å². The van der Waals surface area contributed by atoms with Crippen LogP contribution in [0.2, 0.25) is 0 Å². The molecule has 3 rings (SSSR count). The van der Waals surface area contributed by atoms with Gasteiger partial charge in [0.15, 0.2) is 0 Å². The zero-order valence-corrected chi connectivity index (χ0v) is 12.7. The molecule has 0 amide bonds. The topological polar surface area (TPSA) is 66.0 Å². The van der Waals surface area contributed by atoms with Crippen molar-refractivity contribution in [1.29, 1.82) is 0 Å². The predicted octanol–water partition coefficient (Wildman–Crippen LogP) is 1.82. The minimum absolute atomic E-state index is 0.495. The second-order valence-electron chi connectivity index (χ2n) is 5.26. The van der Waals surface area contributed by atoms with Gasteiger partial charge in [-0.2, -0.15) is 26.7 Å². The smallest absolute Gasteiger partial charge is 0.231 e. The summed E-state index contributed by atoms with van der Waals surface area (Å²) in [6, 6.07) is 0.495. The fraction of sp³-hybridized carbons (Fsp3) is 0.769. The molecule has 1 aromatic heterocycles. The number of anilines is 3. The lowest BCUT2D eigenvalue weighted by molar-refractivity contribution is 0.659. The van der Waals surface area contributed by atoms with E-state index in [0.29, 0.717) is 17.9 Å². The number of aromatic nitrogens is 3. The first-order chi connectivity index (χ1) is 9.85. The standard InChI is InChI=1S/C13H22N6S/c1-14-11-16-12(15-10-4-8-20-9-5-10)18-13(17-11)19-6-2-3-7-19/h10H,2-9H2,1H3,(H2,14,15,16,17,18). The number of thioether (sulfide) groups is 1. The first-order valence-electron chi connectivity index (χ1n) is 7.38. The monoisotopic (exact) mass is 294 g/mol. The average molecular weight is 294 g/mol. The van der Waals surface area contributed by atoms with Gasteiger partial charge in [-0.25, -0.2) is 0 Å². The summed E-state index contributed by atoms with van der Waals surface area (Å²) in [5.74, 6) is 4.61. The van der Waals surface area contributed by atoms with Crippen molar-refractivity contribution in [3.8, 4) is 0 Å². The minimum atomic E-state index is 0.495. The molecule has 2 aliphatic heterocycles. The molecule has 0 unspecified atom stereocenters. The van der Waals surface area contributed by atoms with E-state index in [0.717, 1.165) is 19.0 Å². The van der Waals surface area contributed by atoms with Crippen molar-refractivity contribution < 1.29 is 0 Å². The summed E-state index contributed by atoms with van der Waals surface area (Å²) < 4.78 is 0. The number of hydrogen-bond donors (Lipinski definition) is 2. The normalized spacial score (nSPS) is 20.1. The Morgan fingerprint density at radius 3 is 2.45 bits per heavy atom. The van der Waals surface area contributed by atoms with E-state index in [1.165, 1.54) is 37.2 Å². The Labute approximate surface area is 124 Å². The quantitative estimate of drug-likeness (QED) is 0.878. The van der Waals surface area contributed by atoms with Gasteiger partial charge in [-0.05, 0) is 37.2 Å². The molecule has 2 aliphatic rings. The van der Waals surface area contributed by atoms with Gasteiger partial charge in [-0.1, -0.05) is 0 Å². The number of nitrogens with one attached hydrogen (secondary N) is 2. The SMILES string of the molecule is CNc1nc(NC2CCSCC2)nc(N2CCCC2)n1. The van der Waals surface area contributed by atoms with E-state index < -0.39 is 0 Å². The van der Waals surface area contributed by atoms with Crippen molar-refractivity contribution in [3.05, 3.63) is 0 Å². The maximum Gasteiger partial charge on any atom is 0.231 e. The van der Waals surface area contributed by atoms with Gasteiger partial charge in [0.1, 0.15) is 0 Å². The van der Waals surface area contributed by atoms with Gasteiger partial charge in [0.25, 0.3) is 0 Å². The zero-order valence-electron chi connectivity index (χ0n) is 11.9. The van der Waals surface area contributed by atoms with Crippen LogP contribution in [0.15, 0.2) is 0 Å². The maximum absolute atomic E-state index is 4.60. The van der Waals surface area contributed by atoms with Gasteiger partial charge >= 0.3 is 0 Å². The molecule has 2 saturated heterocycles. The van der Waals surface area contributed by atoms with Gasteiger partial charge in [0, 0.05) is 26.2 Å². The summed E-state index contributed by atoms with van der Waals surface area (Å²) in [6.07, 6.45) is 4.82. The lowest BCUT2D eigenvalue weighted by atomic mass is 10.2. The largest absolute Gasteiger partial charge is 0.357 e. The van der Waals surface area contributed by atoms with E-state index in [4.69, 9.17) is 0 Å². The summed E-state index contributed by atoms with van der Waals surface area (Å²) in [7, 11) is 1.85. The van der Waals surface area contributed by atoms with Gasteiger partial charge in [0.05, 0.1) is 0 Å². The Morgan fingerprint density at radius 2 is 1.75 bits per heavy atom. The molecule has 0 radical (unpaired) electrons. The average Bonchev–Trinajstić information content (AvgIpc) is 3.02. The van der Waals surface area contributed by atoms with Crippen LogP contribution < -0.4 is 15.5 Å². The maximum atomic E-state index is 4.60. The molecule has 2 fully saturated rings. The molecule has 3 heterocycles. The highest BCUT2D eigenvalue weighted by Gasteiger charge is 2.19. The van der Waals surface area contributed by atoms with Crippen molar-refractivity contribution in [1.82, 2.24) is 15.0 Å². The van der Waals surface area contributed by atoms with Crippen LogP contribution in [-0.2, 0) is 0 Å². The Bertz CT molecular complexity index is 442. The second kappa shape index (κ2) is 6.47. The summed E-state index contributed by atoms with van der Waals surface area (Å²) >= 11 is 2.03. The van der Waals surface area contributed by atoms with Crippen LogP contribution in [0.3, 0.4) is 0 Å². The van der Waals surface area contributed by atoms with Crippen LogP contribution >= 0.6 is 11.8 Å². The molecule has 0 spiro atoms. The second-order valence-corrected chi connectivity index (χ2v) is 6.48. The van der Waals surface area contributed by atoms with E-state index in [2.05, 4.69) is 30.5 Å². The van der Waals surface area contributed by atoms with Crippen LogP contribution in [0.4, 0.5) is 17.8 Å². The van der Waals surface area contributed by atoms with Crippen LogP contribution in [0.1, 0.15) is 25.7 Å². The lowest BCUT2D eigenvalue weighted by Crippen LogP contribution is -2.27. The first kappa shape index (κ1) is 13.7. The first-order valence-corrected chi connectivity index (χ1v) is 8.53. The molecule has 110 valence electrons. The molecule has 0 bridgehead atoms. The highest BCUT2D eigenvalue weighted by atomic mass is 32.2. The van der Waals surface area contributed by atoms with Crippen LogP contribution in [0.25, 0.3) is 0 Å². The van der Waals surface area contributed by atoms with Gasteiger partial charge in [-0.15, -0.1) is 0 Å². The van der Waals surface area contributed by atoms with Crippen LogP contribution in [0.5, 0.6) is 0 Å². The van der Waals surface area contributed by atoms with E-state index in [1.807, 2.05) is 18.8 Å². The fourth-order valence-corrected chi connectivity index (χ4v) is 3.73. The minimum Gasteiger partial charge on any atom is -0.357 e. The Morgan fingerprint density at radius 1 is 1.05 bits per heavy atom. The van der Waals surface area contributed by atoms with Crippen molar-refractivity contribution in [2.75, 3.05) is 47.2 Å². The molecule has 0 saturated carbocycles. The molecule has 0 aliphatic carbocycles. The van der Waals surface area contributed by atoms with E-state index in [-0.39, 0.29) is 0 Å². The summed E-state index contributed by atoms with van der Waals surface area (Å²) in [6.45, 7) is 2.10. The summed E-state index contributed by atoms with van der Waals surface area (Å²) in [5, 5.41) is 6.51.